The summed E-state index contributed by atoms with van der Waals surface area (Å²) in [7, 11) is 0. The first-order valence-electron chi connectivity index (χ1n) is 6.44. The van der Waals surface area contributed by atoms with E-state index in [0.29, 0.717) is 11.6 Å². The Morgan fingerprint density at radius 3 is 2.65 bits per heavy atom. The van der Waals surface area contributed by atoms with Crippen molar-refractivity contribution in [1.82, 2.24) is 5.32 Å². The van der Waals surface area contributed by atoms with Crippen LogP contribution < -0.4 is 10.6 Å². The van der Waals surface area contributed by atoms with Crippen molar-refractivity contribution < 1.29 is 9.53 Å². The fourth-order valence-corrected chi connectivity index (χ4v) is 2.19. The topological polar surface area (TPSA) is 50.4 Å². The number of benzene rings is 1. The minimum absolute atomic E-state index is 0.390. The van der Waals surface area contributed by atoms with E-state index < -0.39 is 5.60 Å². The van der Waals surface area contributed by atoms with Crippen LogP contribution in [0.1, 0.15) is 27.2 Å². The highest BCUT2D eigenvalue weighted by molar-refractivity contribution is 9.10. The summed E-state index contributed by atoms with van der Waals surface area (Å²) in [6.07, 6.45) is 0.394. The van der Waals surface area contributed by atoms with Crippen molar-refractivity contribution in [2.45, 2.75) is 32.8 Å². The Morgan fingerprint density at radius 1 is 1.35 bits per heavy atom. The van der Waals surface area contributed by atoms with Gasteiger partial charge in [-0.25, -0.2) is 4.79 Å². The van der Waals surface area contributed by atoms with Crippen molar-refractivity contribution in [3.63, 3.8) is 0 Å². The average molecular weight is 364 g/mol. The standard InChI is InChI=1S/C14H20BrClN2O2/c1-14(2,3)20-13(19)18-8-4-7-17-12-6-5-10(15)9-11(12)16/h5-6,9,17H,4,7-8H2,1-3H3,(H,18,19). The van der Waals surface area contributed by atoms with Gasteiger partial charge in [-0.2, -0.15) is 0 Å². The molecule has 0 aliphatic rings. The molecular formula is C14H20BrClN2O2. The fourth-order valence-electron chi connectivity index (χ4n) is 1.45. The Balaban J connectivity index is 2.21. The van der Waals surface area contributed by atoms with Gasteiger partial charge >= 0.3 is 6.09 Å². The van der Waals surface area contributed by atoms with Crippen LogP contribution in [0.15, 0.2) is 22.7 Å². The zero-order chi connectivity index (χ0) is 15.2. The third-order valence-electron chi connectivity index (χ3n) is 2.27. The number of nitrogens with one attached hydrogen (secondary N) is 2. The first-order chi connectivity index (χ1) is 9.28. The molecule has 0 fully saturated rings. The van der Waals surface area contributed by atoms with Crippen LogP contribution in [0.25, 0.3) is 0 Å². The molecule has 0 saturated carbocycles. The Kier molecular flexibility index (Phi) is 6.62. The first kappa shape index (κ1) is 17.1. The van der Waals surface area contributed by atoms with Crippen molar-refractivity contribution in [3.05, 3.63) is 27.7 Å². The zero-order valence-corrected chi connectivity index (χ0v) is 14.3. The first-order valence-corrected chi connectivity index (χ1v) is 7.61. The third kappa shape index (κ3) is 7.01. The molecule has 4 nitrogen and oxygen atoms in total. The van der Waals surface area contributed by atoms with E-state index in [0.717, 1.165) is 23.1 Å². The van der Waals surface area contributed by atoms with Gasteiger partial charge in [0.2, 0.25) is 0 Å². The lowest BCUT2D eigenvalue weighted by molar-refractivity contribution is 0.0528. The summed E-state index contributed by atoms with van der Waals surface area (Å²) in [5.74, 6) is 0. The van der Waals surface area contributed by atoms with Gasteiger partial charge < -0.3 is 15.4 Å². The van der Waals surface area contributed by atoms with Crippen molar-refractivity contribution in [3.8, 4) is 0 Å². The monoisotopic (exact) mass is 362 g/mol. The average Bonchev–Trinajstić information content (AvgIpc) is 2.28. The van der Waals surface area contributed by atoms with Crippen LogP contribution in [0.5, 0.6) is 0 Å². The van der Waals surface area contributed by atoms with Gasteiger partial charge in [-0.05, 0) is 45.4 Å². The molecule has 0 atom stereocenters. The highest BCUT2D eigenvalue weighted by Crippen LogP contribution is 2.25. The smallest absolute Gasteiger partial charge is 0.407 e. The number of halogens is 2. The van der Waals surface area contributed by atoms with Crippen LogP contribution in [0.4, 0.5) is 10.5 Å². The Labute approximate surface area is 133 Å². The maximum Gasteiger partial charge on any atom is 0.407 e. The largest absolute Gasteiger partial charge is 0.444 e. The SMILES string of the molecule is CC(C)(C)OC(=O)NCCCNc1ccc(Br)cc1Cl. The molecule has 1 rings (SSSR count). The molecule has 1 aromatic carbocycles. The molecule has 0 radical (unpaired) electrons. The second-order valence-electron chi connectivity index (χ2n) is 5.33. The highest BCUT2D eigenvalue weighted by Gasteiger charge is 2.15. The van der Waals surface area contributed by atoms with Crippen molar-refractivity contribution in [2.75, 3.05) is 18.4 Å². The lowest BCUT2D eigenvalue weighted by Crippen LogP contribution is -2.33. The van der Waals surface area contributed by atoms with Crippen LogP contribution >= 0.6 is 27.5 Å². The number of amides is 1. The lowest BCUT2D eigenvalue weighted by Gasteiger charge is -2.19. The number of ether oxygens (including phenoxy) is 1. The van der Waals surface area contributed by atoms with E-state index in [2.05, 4.69) is 26.6 Å². The van der Waals surface area contributed by atoms with Crippen LogP contribution in [-0.4, -0.2) is 24.8 Å². The van der Waals surface area contributed by atoms with Gasteiger partial charge in [0.1, 0.15) is 5.60 Å². The number of anilines is 1. The van der Waals surface area contributed by atoms with E-state index in [1.165, 1.54) is 0 Å². The van der Waals surface area contributed by atoms with Gasteiger partial charge in [0.25, 0.3) is 0 Å². The molecule has 2 N–H and O–H groups in total. The predicted molar refractivity (Wildman–Crippen MR) is 86.5 cm³/mol. The Morgan fingerprint density at radius 2 is 2.05 bits per heavy atom. The van der Waals surface area contributed by atoms with Gasteiger partial charge in [0, 0.05) is 17.6 Å². The maximum atomic E-state index is 11.4. The third-order valence-corrected chi connectivity index (χ3v) is 3.07. The van der Waals surface area contributed by atoms with E-state index in [9.17, 15) is 4.79 Å². The van der Waals surface area contributed by atoms with Crippen LogP contribution in [-0.2, 0) is 4.74 Å². The number of hydrogen-bond donors (Lipinski definition) is 2. The van der Waals surface area contributed by atoms with Gasteiger partial charge in [-0.3, -0.25) is 0 Å². The van der Waals surface area contributed by atoms with Crippen LogP contribution in [0, 0.1) is 0 Å². The maximum absolute atomic E-state index is 11.4. The molecule has 0 bridgehead atoms. The summed E-state index contributed by atoms with van der Waals surface area (Å²) < 4.78 is 6.08. The van der Waals surface area contributed by atoms with Gasteiger partial charge in [0.05, 0.1) is 10.7 Å². The molecule has 1 aromatic rings. The molecule has 112 valence electrons. The summed E-state index contributed by atoms with van der Waals surface area (Å²) >= 11 is 9.44. The molecule has 0 aliphatic carbocycles. The Bertz CT molecular complexity index is 461. The molecule has 20 heavy (non-hydrogen) atoms. The summed E-state index contributed by atoms with van der Waals surface area (Å²) in [4.78, 5) is 11.4. The molecule has 0 aromatic heterocycles. The second-order valence-corrected chi connectivity index (χ2v) is 6.66. The van der Waals surface area contributed by atoms with Crippen LogP contribution in [0.3, 0.4) is 0 Å². The fraction of sp³-hybridized carbons (Fsp3) is 0.500. The van der Waals surface area contributed by atoms with E-state index >= 15 is 0 Å². The number of rotatable bonds is 5. The Hall–Kier alpha value is -0.940. The zero-order valence-electron chi connectivity index (χ0n) is 11.9. The molecule has 0 heterocycles. The molecule has 0 spiro atoms. The van der Waals surface area contributed by atoms with Crippen LogP contribution in [0.2, 0.25) is 5.02 Å². The normalized spacial score (nSPS) is 11.1. The molecule has 0 aliphatic heterocycles. The minimum Gasteiger partial charge on any atom is -0.444 e. The second kappa shape index (κ2) is 7.74. The number of alkyl carbamates (subject to hydrolysis) is 1. The summed E-state index contributed by atoms with van der Waals surface area (Å²) in [6, 6.07) is 5.67. The van der Waals surface area contributed by atoms with Crippen molar-refractivity contribution in [2.24, 2.45) is 0 Å². The minimum atomic E-state index is -0.465. The van der Waals surface area contributed by atoms with E-state index in [1.54, 1.807) is 0 Å². The van der Waals surface area contributed by atoms with Gasteiger partial charge in [-0.15, -0.1) is 0 Å². The predicted octanol–water partition coefficient (Wildman–Crippen LogP) is 4.43. The lowest BCUT2D eigenvalue weighted by atomic mass is 10.2. The van der Waals surface area contributed by atoms with E-state index in [1.807, 2.05) is 39.0 Å². The quantitative estimate of drug-likeness (QED) is 0.761. The van der Waals surface area contributed by atoms with E-state index in [-0.39, 0.29) is 6.09 Å². The van der Waals surface area contributed by atoms with Gasteiger partial charge in [0.15, 0.2) is 0 Å². The number of hydrogen-bond acceptors (Lipinski definition) is 3. The molecular weight excluding hydrogens is 344 g/mol. The van der Waals surface area contributed by atoms with Crippen molar-refractivity contribution in [1.29, 1.82) is 0 Å². The molecule has 0 saturated heterocycles. The molecule has 1 amide bonds. The number of carbonyl (C=O) groups is 1. The molecule has 0 unspecified atom stereocenters. The van der Waals surface area contributed by atoms with E-state index in [4.69, 9.17) is 16.3 Å². The summed E-state index contributed by atoms with van der Waals surface area (Å²) in [6.45, 7) is 6.78. The molecule has 6 heteroatoms. The number of carbonyl (C=O) groups excluding carboxylic acids is 1. The summed E-state index contributed by atoms with van der Waals surface area (Å²) in [5.41, 5.74) is 0.417. The highest BCUT2D eigenvalue weighted by atomic mass is 79.9. The summed E-state index contributed by atoms with van der Waals surface area (Å²) in [5, 5.41) is 6.59. The van der Waals surface area contributed by atoms with Crippen molar-refractivity contribution >= 4 is 39.3 Å². The van der Waals surface area contributed by atoms with Gasteiger partial charge in [-0.1, -0.05) is 27.5 Å².